The molecule has 2 aliphatic carbocycles. The van der Waals surface area contributed by atoms with Crippen molar-refractivity contribution in [1.29, 1.82) is 0 Å². The molecule has 3 fully saturated rings. The van der Waals surface area contributed by atoms with Crippen molar-refractivity contribution in [1.82, 2.24) is 20.3 Å². The molecule has 3 aliphatic rings. The normalized spacial score (nSPS) is 25.3. The monoisotopic (exact) mass is 576 g/mol. The molecule has 4 atom stereocenters. The van der Waals surface area contributed by atoms with Crippen molar-refractivity contribution in [2.24, 2.45) is 5.92 Å². The minimum absolute atomic E-state index is 0.301. The van der Waals surface area contributed by atoms with E-state index in [2.05, 4.69) is 21.9 Å². The van der Waals surface area contributed by atoms with Crippen molar-refractivity contribution < 1.29 is 27.5 Å². The van der Waals surface area contributed by atoms with E-state index in [0.717, 1.165) is 22.2 Å². The number of hydrogen-bond donors (Lipinski definition) is 3. The lowest BCUT2D eigenvalue weighted by molar-refractivity contribution is -0.130. The van der Waals surface area contributed by atoms with Crippen molar-refractivity contribution in [3.05, 3.63) is 67.3 Å². The van der Waals surface area contributed by atoms with Crippen LogP contribution in [0.4, 0.5) is 0 Å². The number of carbonyl (C=O) groups is 2. The molecule has 0 bridgehead atoms. The Hall–Kier alpha value is -3.96. The average molecular weight is 577 g/mol. The molecular formula is C30H32N4O6S. The predicted octanol–water partition coefficient (Wildman–Crippen LogP) is 2.69. The lowest BCUT2D eigenvalue weighted by atomic mass is 10.1. The van der Waals surface area contributed by atoms with Gasteiger partial charge in [-0.2, -0.15) is 0 Å². The molecule has 0 spiro atoms. The highest BCUT2D eigenvalue weighted by Gasteiger charge is 2.61. The number of aromatic nitrogens is 1. The van der Waals surface area contributed by atoms with E-state index in [9.17, 15) is 18.0 Å². The molecule has 2 aromatic carbocycles. The van der Waals surface area contributed by atoms with Crippen LogP contribution < -0.4 is 24.8 Å². The van der Waals surface area contributed by atoms with E-state index in [1.54, 1.807) is 13.2 Å². The lowest BCUT2D eigenvalue weighted by Crippen LogP contribution is -2.55. The number of sulfonamides is 1. The van der Waals surface area contributed by atoms with Crippen LogP contribution in [0.2, 0.25) is 0 Å². The van der Waals surface area contributed by atoms with Gasteiger partial charge in [-0.15, -0.1) is 6.58 Å². The van der Waals surface area contributed by atoms with Crippen molar-refractivity contribution in [2.75, 3.05) is 13.7 Å². The molecule has 10 nitrogen and oxygen atoms in total. The topological polar surface area (TPSA) is 136 Å². The number of methoxy groups -OCH3 is 1. The third-order valence-corrected chi connectivity index (χ3v) is 9.82. The molecule has 3 N–H and O–H groups in total. The zero-order chi connectivity index (χ0) is 28.8. The number of rotatable bonds is 10. The smallest absolute Gasteiger partial charge is 0.259 e. The quantitative estimate of drug-likeness (QED) is 0.314. The van der Waals surface area contributed by atoms with Gasteiger partial charge in [0.2, 0.25) is 15.9 Å². The Labute approximate surface area is 238 Å². The van der Waals surface area contributed by atoms with E-state index in [0.29, 0.717) is 43.7 Å². The summed E-state index contributed by atoms with van der Waals surface area (Å²) in [6, 6.07) is 16.7. The summed E-state index contributed by atoms with van der Waals surface area (Å²) in [6.07, 6.45) is 2.99. The van der Waals surface area contributed by atoms with E-state index in [1.807, 2.05) is 54.6 Å². The van der Waals surface area contributed by atoms with E-state index in [-0.39, 0.29) is 17.9 Å². The molecule has 3 aromatic rings. The minimum Gasteiger partial charge on any atom is -0.497 e. The largest absolute Gasteiger partial charge is 0.497 e. The third-order valence-electron chi connectivity index (χ3n) is 8.00. The minimum atomic E-state index is -3.74. The highest BCUT2D eigenvalue weighted by Crippen LogP contribution is 2.45. The zero-order valence-electron chi connectivity index (χ0n) is 22.6. The first-order valence-corrected chi connectivity index (χ1v) is 15.2. The molecule has 2 amide bonds. The van der Waals surface area contributed by atoms with Crippen LogP contribution in [0, 0.1) is 5.92 Å². The maximum atomic E-state index is 13.3. The van der Waals surface area contributed by atoms with Gasteiger partial charge in [0.05, 0.1) is 29.6 Å². The maximum Gasteiger partial charge on any atom is 0.259 e. The first-order valence-electron chi connectivity index (χ1n) is 13.7. The highest BCUT2D eigenvalue weighted by molar-refractivity contribution is 7.91. The van der Waals surface area contributed by atoms with Gasteiger partial charge in [-0.05, 0) is 31.4 Å². The SMILES string of the molecule is C=C[C@H]1C[C@@]1(NC(=O)[C@@H]1CC(Oc2cc(-c3ccccc3)nc3cc(OC)ccc23)CN1)C(=O)NS(=O)(=O)C1CC1. The Morgan fingerprint density at radius 1 is 1.15 bits per heavy atom. The van der Waals surface area contributed by atoms with E-state index >= 15 is 0 Å². The van der Waals surface area contributed by atoms with Crippen molar-refractivity contribution in [3.63, 3.8) is 0 Å². The second-order valence-electron chi connectivity index (χ2n) is 10.9. The number of carbonyl (C=O) groups excluding carboxylic acids is 2. The second kappa shape index (κ2) is 10.5. The van der Waals surface area contributed by atoms with Gasteiger partial charge in [0, 0.05) is 42.0 Å². The van der Waals surface area contributed by atoms with Gasteiger partial charge in [0.25, 0.3) is 5.91 Å². The molecule has 1 aromatic heterocycles. The molecule has 0 radical (unpaired) electrons. The molecular weight excluding hydrogens is 544 g/mol. The van der Waals surface area contributed by atoms with Gasteiger partial charge >= 0.3 is 0 Å². The summed E-state index contributed by atoms with van der Waals surface area (Å²) >= 11 is 0. The van der Waals surface area contributed by atoms with Crippen LogP contribution in [0.5, 0.6) is 11.5 Å². The van der Waals surface area contributed by atoms with Crippen LogP contribution >= 0.6 is 0 Å². The summed E-state index contributed by atoms with van der Waals surface area (Å²) in [5, 5.41) is 6.29. The second-order valence-corrected chi connectivity index (χ2v) is 12.8. The Morgan fingerprint density at radius 2 is 1.93 bits per heavy atom. The maximum absolute atomic E-state index is 13.3. The average Bonchev–Trinajstić information content (AvgIpc) is 3.90. The molecule has 2 heterocycles. The van der Waals surface area contributed by atoms with E-state index in [4.69, 9.17) is 14.5 Å². The Kier molecular flexibility index (Phi) is 6.95. The van der Waals surface area contributed by atoms with E-state index in [1.165, 1.54) is 0 Å². The summed E-state index contributed by atoms with van der Waals surface area (Å²) in [5.41, 5.74) is 1.10. The van der Waals surface area contributed by atoms with Crippen LogP contribution in [0.3, 0.4) is 0 Å². The standard InChI is InChI=1S/C30H32N4O6S/c1-3-19-16-30(19,29(36)34-41(37,38)22-10-11-22)33-28(35)26-14-21(17-31-26)40-27-15-24(18-7-5-4-6-8-18)32-25-13-20(39-2)9-12-23(25)27/h3-9,12-13,15,19,21-22,26,31H,1,10-11,14,16-17H2,2H3,(H,33,35)(H,34,36)/t19-,21?,26-,30-/m0/s1. The lowest BCUT2D eigenvalue weighted by Gasteiger charge is -2.21. The Morgan fingerprint density at radius 3 is 2.61 bits per heavy atom. The molecule has 1 unspecified atom stereocenters. The summed E-state index contributed by atoms with van der Waals surface area (Å²) in [4.78, 5) is 31.1. The van der Waals surface area contributed by atoms with Crippen LogP contribution in [0.25, 0.3) is 22.2 Å². The number of benzene rings is 2. The van der Waals surface area contributed by atoms with Crippen molar-refractivity contribution in [2.45, 2.75) is 48.6 Å². The molecule has 2 saturated carbocycles. The molecule has 11 heteroatoms. The van der Waals surface area contributed by atoms with Crippen LogP contribution in [-0.2, 0) is 19.6 Å². The van der Waals surface area contributed by atoms with Crippen LogP contribution in [0.1, 0.15) is 25.7 Å². The number of amides is 2. The Bertz CT molecular complexity index is 1620. The van der Waals surface area contributed by atoms with Gasteiger partial charge in [0.15, 0.2) is 0 Å². The van der Waals surface area contributed by atoms with Gasteiger partial charge in [0.1, 0.15) is 23.1 Å². The zero-order valence-corrected chi connectivity index (χ0v) is 23.4. The summed E-state index contributed by atoms with van der Waals surface area (Å²) in [7, 11) is -2.13. The Balaban J connectivity index is 1.17. The van der Waals surface area contributed by atoms with Crippen LogP contribution in [0.15, 0.2) is 67.3 Å². The van der Waals surface area contributed by atoms with Crippen molar-refractivity contribution >= 4 is 32.7 Å². The number of ether oxygens (including phenoxy) is 2. The number of pyridine rings is 1. The first-order chi connectivity index (χ1) is 19.7. The number of hydrogen-bond acceptors (Lipinski definition) is 8. The van der Waals surface area contributed by atoms with E-state index < -0.39 is 32.8 Å². The van der Waals surface area contributed by atoms with Gasteiger partial charge < -0.3 is 20.1 Å². The van der Waals surface area contributed by atoms with Crippen molar-refractivity contribution in [3.8, 4) is 22.8 Å². The van der Waals surface area contributed by atoms with Gasteiger partial charge in [-0.25, -0.2) is 13.4 Å². The highest BCUT2D eigenvalue weighted by atomic mass is 32.2. The third kappa shape index (κ3) is 5.39. The summed E-state index contributed by atoms with van der Waals surface area (Å²) in [6.45, 7) is 4.16. The number of fused-ring (bicyclic) bond motifs is 1. The number of nitrogens with zero attached hydrogens (tertiary/aromatic N) is 1. The summed E-state index contributed by atoms with van der Waals surface area (Å²) < 4.78 is 38.7. The summed E-state index contributed by atoms with van der Waals surface area (Å²) in [5.74, 6) is -0.110. The molecule has 6 rings (SSSR count). The molecule has 214 valence electrons. The fraction of sp³-hybridized carbons (Fsp3) is 0.367. The molecule has 1 aliphatic heterocycles. The fourth-order valence-corrected chi connectivity index (χ4v) is 6.72. The predicted molar refractivity (Wildman–Crippen MR) is 154 cm³/mol. The van der Waals surface area contributed by atoms with Crippen LogP contribution in [-0.4, -0.2) is 61.8 Å². The van der Waals surface area contributed by atoms with Gasteiger partial charge in [-0.3, -0.25) is 14.3 Å². The molecule has 41 heavy (non-hydrogen) atoms. The van der Waals surface area contributed by atoms with Gasteiger partial charge in [-0.1, -0.05) is 36.4 Å². The fourth-order valence-electron chi connectivity index (χ4n) is 5.35. The molecule has 1 saturated heterocycles. The number of nitrogens with one attached hydrogen (secondary N) is 3. The first kappa shape index (κ1) is 27.2.